The zero-order valence-electron chi connectivity index (χ0n) is 7.59. The number of benzene rings is 1. The van der Waals surface area contributed by atoms with Crippen LogP contribution in [0.5, 0.6) is 0 Å². The summed E-state index contributed by atoms with van der Waals surface area (Å²) >= 11 is 16.1. The number of carbonyl (C=O) groups excluding carboxylic acids is 1. The third-order valence-corrected chi connectivity index (χ3v) is 2.27. The van der Waals surface area contributed by atoms with Crippen LogP contribution in [0, 0.1) is 0 Å². The van der Waals surface area contributed by atoms with Crippen molar-refractivity contribution in [1.82, 2.24) is 5.32 Å². The molecule has 1 aromatic rings. The number of amides is 1. The van der Waals surface area contributed by atoms with E-state index in [1.807, 2.05) is 0 Å². The van der Waals surface area contributed by atoms with E-state index in [-0.39, 0.29) is 16.9 Å². The summed E-state index contributed by atoms with van der Waals surface area (Å²) in [5.41, 5.74) is 0.638. The van der Waals surface area contributed by atoms with Crippen LogP contribution in [-0.2, 0) is 4.79 Å². The molecule has 0 atom stereocenters. The van der Waals surface area contributed by atoms with Crippen LogP contribution >= 0.6 is 35.4 Å². The van der Waals surface area contributed by atoms with Gasteiger partial charge in [0.05, 0.1) is 10.7 Å². The Hall–Kier alpha value is -0.840. The molecule has 3 nitrogen and oxygen atoms in total. The lowest BCUT2D eigenvalue weighted by Crippen LogP contribution is -2.34. The highest BCUT2D eigenvalue weighted by Crippen LogP contribution is 2.19. The highest BCUT2D eigenvalue weighted by atomic mass is 35.5. The molecule has 2 N–H and O–H groups in total. The minimum absolute atomic E-state index is 0.135. The molecule has 1 aromatic carbocycles. The molecule has 1 amide bonds. The Morgan fingerprint density at radius 3 is 2.67 bits per heavy atom. The zero-order chi connectivity index (χ0) is 11.3. The van der Waals surface area contributed by atoms with Gasteiger partial charge in [-0.15, -0.1) is 11.6 Å². The second kappa shape index (κ2) is 5.90. The largest absolute Gasteiger partial charge is 0.331 e. The molecule has 1 rings (SSSR count). The number of alkyl halides is 1. The van der Waals surface area contributed by atoms with Gasteiger partial charge in [-0.1, -0.05) is 23.7 Å². The van der Waals surface area contributed by atoms with Crippen LogP contribution in [0.25, 0.3) is 0 Å². The van der Waals surface area contributed by atoms with Crippen molar-refractivity contribution < 1.29 is 4.79 Å². The standard InChI is InChI=1S/C9H8Cl2N2OS/c10-5-8(14)13-9(15)12-7-4-2-1-3-6(7)11/h1-4H,5H2,(H2,12,13,14,15). The third-order valence-electron chi connectivity index (χ3n) is 1.50. The normalized spacial score (nSPS) is 9.47. The van der Waals surface area contributed by atoms with E-state index in [4.69, 9.17) is 35.4 Å². The zero-order valence-corrected chi connectivity index (χ0v) is 9.92. The van der Waals surface area contributed by atoms with Crippen molar-refractivity contribution in [1.29, 1.82) is 0 Å². The molecule has 0 heterocycles. The lowest BCUT2D eigenvalue weighted by Gasteiger charge is -2.09. The molecule has 15 heavy (non-hydrogen) atoms. The molecular weight excluding hydrogens is 255 g/mol. The van der Waals surface area contributed by atoms with E-state index in [9.17, 15) is 4.79 Å². The number of para-hydroxylation sites is 1. The van der Waals surface area contributed by atoms with Gasteiger partial charge in [-0.25, -0.2) is 0 Å². The summed E-state index contributed by atoms with van der Waals surface area (Å²) in [5.74, 6) is -0.495. The Kier molecular flexibility index (Phi) is 4.81. The summed E-state index contributed by atoms with van der Waals surface area (Å²) in [6.45, 7) is 0. The van der Waals surface area contributed by atoms with Crippen molar-refractivity contribution in [2.75, 3.05) is 11.2 Å². The number of nitrogens with one attached hydrogen (secondary N) is 2. The molecule has 0 aliphatic carbocycles. The van der Waals surface area contributed by atoms with E-state index in [1.54, 1.807) is 24.3 Å². The van der Waals surface area contributed by atoms with E-state index in [2.05, 4.69) is 10.6 Å². The number of carbonyl (C=O) groups is 1. The van der Waals surface area contributed by atoms with E-state index >= 15 is 0 Å². The van der Waals surface area contributed by atoms with Gasteiger partial charge in [0.25, 0.3) is 0 Å². The minimum atomic E-state index is -0.360. The first kappa shape index (κ1) is 12.2. The van der Waals surface area contributed by atoms with E-state index in [0.29, 0.717) is 10.7 Å². The summed E-state index contributed by atoms with van der Waals surface area (Å²) in [5, 5.41) is 5.88. The highest BCUT2D eigenvalue weighted by Gasteiger charge is 2.04. The predicted octanol–water partition coefficient (Wildman–Crippen LogP) is 2.39. The highest BCUT2D eigenvalue weighted by molar-refractivity contribution is 7.80. The number of thiocarbonyl (C=S) groups is 1. The van der Waals surface area contributed by atoms with E-state index < -0.39 is 0 Å². The smallest absolute Gasteiger partial charge is 0.241 e. The van der Waals surface area contributed by atoms with Gasteiger partial charge < -0.3 is 10.6 Å². The fraction of sp³-hybridized carbons (Fsp3) is 0.111. The Morgan fingerprint density at radius 2 is 2.07 bits per heavy atom. The number of hydrogen-bond donors (Lipinski definition) is 2. The summed E-state index contributed by atoms with van der Waals surface area (Å²) < 4.78 is 0. The molecule has 0 spiro atoms. The molecule has 0 fully saturated rings. The average molecular weight is 263 g/mol. The quantitative estimate of drug-likeness (QED) is 0.636. The number of hydrogen-bond acceptors (Lipinski definition) is 2. The molecule has 0 saturated heterocycles. The molecule has 80 valence electrons. The van der Waals surface area contributed by atoms with Crippen LogP contribution in [0.2, 0.25) is 5.02 Å². The van der Waals surface area contributed by atoms with Crippen LogP contribution < -0.4 is 10.6 Å². The first-order chi connectivity index (χ1) is 7.13. The lowest BCUT2D eigenvalue weighted by molar-refractivity contribution is -0.117. The van der Waals surface area contributed by atoms with Gasteiger partial charge in [0.2, 0.25) is 5.91 Å². The van der Waals surface area contributed by atoms with Crippen LogP contribution in [0.3, 0.4) is 0 Å². The Bertz CT molecular complexity index is 384. The van der Waals surface area contributed by atoms with Gasteiger partial charge in [-0.3, -0.25) is 4.79 Å². The molecule has 0 saturated carbocycles. The molecule has 0 bridgehead atoms. The van der Waals surface area contributed by atoms with Gasteiger partial charge in [0.15, 0.2) is 5.11 Å². The summed E-state index contributed by atoms with van der Waals surface area (Å²) in [6.07, 6.45) is 0. The topological polar surface area (TPSA) is 41.1 Å². The summed E-state index contributed by atoms with van der Waals surface area (Å²) in [6, 6.07) is 7.07. The Labute approximate surface area is 103 Å². The molecule has 0 aliphatic heterocycles. The molecule has 0 aromatic heterocycles. The fourth-order valence-electron chi connectivity index (χ4n) is 0.876. The van der Waals surface area contributed by atoms with Crippen molar-refractivity contribution in [2.45, 2.75) is 0 Å². The number of anilines is 1. The van der Waals surface area contributed by atoms with Crippen molar-refractivity contribution in [3.8, 4) is 0 Å². The number of rotatable bonds is 2. The maximum absolute atomic E-state index is 10.9. The van der Waals surface area contributed by atoms with Gasteiger partial charge in [0, 0.05) is 0 Å². The van der Waals surface area contributed by atoms with Crippen molar-refractivity contribution in [3.05, 3.63) is 29.3 Å². The van der Waals surface area contributed by atoms with Crippen LogP contribution in [0.1, 0.15) is 0 Å². The van der Waals surface area contributed by atoms with Crippen molar-refractivity contribution in [2.24, 2.45) is 0 Å². The molecule has 6 heteroatoms. The van der Waals surface area contributed by atoms with Gasteiger partial charge in [0.1, 0.15) is 5.88 Å². The monoisotopic (exact) mass is 262 g/mol. The van der Waals surface area contributed by atoms with Crippen molar-refractivity contribution in [3.63, 3.8) is 0 Å². The van der Waals surface area contributed by atoms with Crippen molar-refractivity contribution >= 4 is 52.1 Å². The Morgan fingerprint density at radius 1 is 1.40 bits per heavy atom. The van der Waals surface area contributed by atoms with E-state index in [1.165, 1.54) is 0 Å². The van der Waals surface area contributed by atoms with Gasteiger partial charge in [-0.05, 0) is 24.4 Å². The summed E-state index contributed by atoms with van der Waals surface area (Å²) in [4.78, 5) is 10.9. The SMILES string of the molecule is O=C(CCl)NC(=S)Nc1ccccc1Cl. The maximum Gasteiger partial charge on any atom is 0.241 e. The van der Waals surface area contributed by atoms with E-state index in [0.717, 1.165) is 0 Å². The predicted molar refractivity (Wildman–Crippen MR) is 66.5 cm³/mol. The number of halogens is 2. The molecule has 0 aliphatic rings. The maximum atomic E-state index is 10.9. The van der Waals surface area contributed by atoms with Crippen LogP contribution in [-0.4, -0.2) is 16.9 Å². The third kappa shape index (κ3) is 4.03. The molecular formula is C9H8Cl2N2OS. The lowest BCUT2D eigenvalue weighted by atomic mass is 10.3. The second-order valence-corrected chi connectivity index (χ2v) is 3.70. The Balaban J connectivity index is 2.59. The fourth-order valence-corrected chi connectivity index (χ4v) is 1.35. The van der Waals surface area contributed by atoms with Gasteiger partial charge in [-0.2, -0.15) is 0 Å². The van der Waals surface area contributed by atoms with Crippen LogP contribution in [0.15, 0.2) is 24.3 Å². The average Bonchev–Trinajstić information content (AvgIpc) is 2.21. The van der Waals surface area contributed by atoms with Gasteiger partial charge >= 0.3 is 0 Å². The minimum Gasteiger partial charge on any atom is -0.331 e. The molecule has 0 radical (unpaired) electrons. The second-order valence-electron chi connectivity index (χ2n) is 2.62. The van der Waals surface area contributed by atoms with Crippen LogP contribution in [0.4, 0.5) is 5.69 Å². The molecule has 0 unspecified atom stereocenters. The first-order valence-corrected chi connectivity index (χ1v) is 5.37. The first-order valence-electron chi connectivity index (χ1n) is 4.05. The summed E-state index contributed by atoms with van der Waals surface area (Å²) in [7, 11) is 0.